The van der Waals surface area contributed by atoms with E-state index in [2.05, 4.69) is 10.2 Å². The molecule has 3 nitrogen and oxygen atoms in total. The minimum Gasteiger partial charge on any atom is -0.382 e. The van der Waals surface area contributed by atoms with Gasteiger partial charge in [-0.3, -0.25) is 0 Å². The van der Waals surface area contributed by atoms with Crippen LogP contribution < -0.4 is 5.73 Å². The van der Waals surface area contributed by atoms with Gasteiger partial charge in [0.25, 0.3) is 0 Å². The van der Waals surface area contributed by atoms with Crippen LogP contribution in [0, 0.1) is 33.5 Å². The van der Waals surface area contributed by atoms with Gasteiger partial charge in [-0.25, -0.2) is 4.39 Å². The Bertz CT molecular complexity index is 598. The molecule has 0 aliphatic heterocycles. The summed E-state index contributed by atoms with van der Waals surface area (Å²) in [6.45, 7) is 7.49. The van der Waals surface area contributed by atoms with Crippen LogP contribution in [0.5, 0.6) is 0 Å². The summed E-state index contributed by atoms with van der Waals surface area (Å²) in [7, 11) is 0. The zero-order valence-electron chi connectivity index (χ0n) is 11.0. The van der Waals surface area contributed by atoms with Gasteiger partial charge in [0.1, 0.15) is 11.6 Å². The van der Waals surface area contributed by atoms with Crippen molar-refractivity contribution in [3.63, 3.8) is 0 Å². The predicted octanol–water partition coefficient (Wildman–Crippen LogP) is 3.10. The van der Waals surface area contributed by atoms with E-state index in [1.165, 1.54) is 6.07 Å². The van der Waals surface area contributed by atoms with Gasteiger partial charge in [-0.2, -0.15) is 0 Å². The molecule has 0 unspecified atom stereocenters. The minimum absolute atomic E-state index is 0.269. The van der Waals surface area contributed by atoms with Gasteiger partial charge in [0, 0.05) is 5.56 Å². The number of rotatable bonds is 1. The largest absolute Gasteiger partial charge is 0.382 e. The lowest BCUT2D eigenvalue weighted by molar-refractivity contribution is 0.628. The molecule has 0 bridgehead atoms. The van der Waals surface area contributed by atoms with E-state index in [9.17, 15) is 4.39 Å². The van der Waals surface area contributed by atoms with Crippen molar-refractivity contribution in [2.45, 2.75) is 27.7 Å². The maximum absolute atomic E-state index is 14.1. The maximum Gasteiger partial charge on any atom is 0.149 e. The second-order valence-electron chi connectivity index (χ2n) is 4.62. The van der Waals surface area contributed by atoms with E-state index >= 15 is 0 Å². The van der Waals surface area contributed by atoms with Crippen molar-refractivity contribution >= 4 is 5.82 Å². The van der Waals surface area contributed by atoms with E-state index in [0.29, 0.717) is 17.1 Å². The third-order valence-corrected chi connectivity index (χ3v) is 3.23. The summed E-state index contributed by atoms with van der Waals surface area (Å²) in [5.74, 6) is 0.121. The molecule has 0 saturated carbocycles. The molecule has 0 spiro atoms. The van der Waals surface area contributed by atoms with Gasteiger partial charge in [-0.1, -0.05) is 6.07 Å². The molecule has 2 aromatic rings. The second kappa shape index (κ2) is 4.37. The molecular weight excluding hydrogens is 229 g/mol. The van der Waals surface area contributed by atoms with Crippen molar-refractivity contribution in [1.29, 1.82) is 0 Å². The van der Waals surface area contributed by atoms with Crippen LogP contribution in [-0.4, -0.2) is 10.2 Å². The van der Waals surface area contributed by atoms with Gasteiger partial charge in [0.2, 0.25) is 0 Å². The van der Waals surface area contributed by atoms with Crippen molar-refractivity contribution < 1.29 is 4.39 Å². The van der Waals surface area contributed by atoms with Crippen LogP contribution in [0.4, 0.5) is 10.2 Å². The summed E-state index contributed by atoms with van der Waals surface area (Å²) >= 11 is 0. The number of anilines is 1. The quantitative estimate of drug-likeness (QED) is 0.839. The average Bonchev–Trinajstić information content (AvgIpc) is 2.28. The Morgan fingerprint density at radius 1 is 1.00 bits per heavy atom. The molecule has 1 aromatic heterocycles. The molecular formula is C14H16FN3. The number of aromatic nitrogens is 2. The van der Waals surface area contributed by atoms with Crippen molar-refractivity contribution in [3.8, 4) is 11.3 Å². The molecule has 1 heterocycles. The van der Waals surface area contributed by atoms with Crippen LogP contribution in [-0.2, 0) is 0 Å². The molecule has 0 aliphatic rings. The summed E-state index contributed by atoms with van der Waals surface area (Å²) in [6, 6.07) is 3.44. The highest BCUT2D eigenvalue weighted by molar-refractivity contribution is 5.69. The third kappa shape index (κ3) is 1.94. The molecule has 1 aromatic carbocycles. The highest BCUT2D eigenvalue weighted by atomic mass is 19.1. The van der Waals surface area contributed by atoms with Crippen LogP contribution in [0.2, 0.25) is 0 Å². The molecule has 4 heteroatoms. The standard InChI is InChI=1S/C14H16FN3/c1-7-5-8(2)12(11(15)6-7)13-9(3)10(4)14(16)18-17-13/h5-6H,1-4H3,(H2,16,18). The van der Waals surface area contributed by atoms with Crippen LogP contribution in [0.25, 0.3) is 11.3 Å². The molecule has 0 fully saturated rings. The van der Waals surface area contributed by atoms with E-state index in [0.717, 1.165) is 22.3 Å². The number of hydrogen-bond donors (Lipinski definition) is 1. The second-order valence-corrected chi connectivity index (χ2v) is 4.62. The van der Waals surface area contributed by atoms with E-state index in [1.54, 1.807) is 0 Å². The lowest BCUT2D eigenvalue weighted by Crippen LogP contribution is -2.04. The van der Waals surface area contributed by atoms with E-state index in [-0.39, 0.29) is 5.82 Å². The van der Waals surface area contributed by atoms with Gasteiger partial charge >= 0.3 is 0 Å². The van der Waals surface area contributed by atoms with Crippen molar-refractivity contribution in [1.82, 2.24) is 10.2 Å². The molecule has 2 N–H and O–H groups in total. The first-order valence-corrected chi connectivity index (χ1v) is 5.78. The summed E-state index contributed by atoms with van der Waals surface area (Å²) < 4.78 is 14.1. The number of aryl methyl sites for hydroxylation is 2. The topological polar surface area (TPSA) is 51.8 Å². The lowest BCUT2D eigenvalue weighted by atomic mass is 9.97. The highest BCUT2D eigenvalue weighted by Gasteiger charge is 2.16. The lowest BCUT2D eigenvalue weighted by Gasteiger charge is -2.12. The first-order valence-electron chi connectivity index (χ1n) is 5.78. The monoisotopic (exact) mass is 245 g/mol. The van der Waals surface area contributed by atoms with Crippen LogP contribution in [0.15, 0.2) is 12.1 Å². The Balaban J connectivity index is 2.74. The number of nitrogen functional groups attached to an aromatic ring is 1. The number of nitrogens with two attached hydrogens (primary N) is 1. The van der Waals surface area contributed by atoms with E-state index in [1.807, 2.05) is 33.8 Å². The SMILES string of the molecule is Cc1cc(C)c(-c2nnc(N)c(C)c2C)c(F)c1. The number of halogens is 1. The normalized spacial score (nSPS) is 10.7. The summed E-state index contributed by atoms with van der Waals surface area (Å²) in [4.78, 5) is 0. The van der Waals surface area contributed by atoms with Crippen LogP contribution in [0.1, 0.15) is 22.3 Å². The maximum atomic E-state index is 14.1. The predicted molar refractivity (Wildman–Crippen MR) is 70.8 cm³/mol. The molecule has 0 atom stereocenters. The summed E-state index contributed by atoms with van der Waals surface area (Å²) in [5, 5.41) is 7.93. The fraction of sp³-hybridized carbons (Fsp3) is 0.286. The Labute approximate surface area is 106 Å². The Morgan fingerprint density at radius 3 is 2.28 bits per heavy atom. The number of nitrogens with zero attached hydrogens (tertiary/aromatic N) is 2. The van der Waals surface area contributed by atoms with Crippen LogP contribution >= 0.6 is 0 Å². The van der Waals surface area contributed by atoms with Crippen molar-refractivity contribution in [2.24, 2.45) is 0 Å². The van der Waals surface area contributed by atoms with E-state index < -0.39 is 0 Å². The number of hydrogen-bond acceptors (Lipinski definition) is 3. The van der Waals surface area contributed by atoms with Gasteiger partial charge in [0.15, 0.2) is 0 Å². The van der Waals surface area contributed by atoms with Gasteiger partial charge < -0.3 is 5.73 Å². The zero-order chi connectivity index (χ0) is 13.4. The molecule has 0 amide bonds. The van der Waals surface area contributed by atoms with E-state index in [4.69, 9.17) is 5.73 Å². The van der Waals surface area contributed by atoms with Crippen molar-refractivity contribution in [2.75, 3.05) is 5.73 Å². The number of benzene rings is 1. The summed E-state index contributed by atoms with van der Waals surface area (Å²) in [6.07, 6.45) is 0. The fourth-order valence-electron chi connectivity index (χ4n) is 2.08. The third-order valence-electron chi connectivity index (χ3n) is 3.23. The molecule has 0 radical (unpaired) electrons. The smallest absolute Gasteiger partial charge is 0.149 e. The van der Waals surface area contributed by atoms with Crippen molar-refractivity contribution in [3.05, 3.63) is 40.2 Å². The van der Waals surface area contributed by atoms with Gasteiger partial charge in [-0.05, 0) is 56.0 Å². The Kier molecular flexibility index (Phi) is 3.03. The Hall–Kier alpha value is -1.97. The average molecular weight is 245 g/mol. The first-order chi connectivity index (χ1) is 8.41. The van der Waals surface area contributed by atoms with Gasteiger partial charge in [0.05, 0.1) is 5.69 Å². The van der Waals surface area contributed by atoms with Crippen LogP contribution in [0.3, 0.4) is 0 Å². The molecule has 94 valence electrons. The zero-order valence-corrected chi connectivity index (χ0v) is 11.0. The summed E-state index contributed by atoms with van der Waals surface area (Å²) in [5.41, 5.74) is 10.2. The van der Waals surface area contributed by atoms with Gasteiger partial charge in [-0.15, -0.1) is 10.2 Å². The first kappa shape index (κ1) is 12.5. The molecule has 0 aliphatic carbocycles. The molecule has 2 rings (SSSR count). The highest BCUT2D eigenvalue weighted by Crippen LogP contribution is 2.30. The fourth-order valence-corrected chi connectivity index (χ4v) is 2.08. The molecule has 18 heavy (non-hydrogen) atoms. The minimum atomic E-state index is -0.269. The molecule has 0 saturated heterocycles. The Morgan fingerprint density at radius 2 is 1.67 bits per heavy atom.